The molecule has 0 aliphatic heterocycles. The molecule has 54 valence electrons. The number of carbonyl (C=O) groups is 1. The first-order valence-electron chi connectivity index (χ1n) is 2.49. The van der Waals surface area contributed by atoms with Crippen LogP contribution in [0.4, 0.5) is 0 Å². The van der Waals surface area contributed by atoms with Gasteiger partial charge in [0.05, 0.1) is 0 Å². The lowest BCUT2D eigenvalue weighted by Crippen LogP contribution is -1.61. The van der Waals surface area contributed by atoms with Crippen LogP contribution in [-0.4, -0.2) is 6.79 Å². The zero-order valence-electron chi connectivity index (χ0n) is 5.18. The Balaban J connectivity index is 0.000000371. The van der Waals surface area contributed by atoms with Gasteiger partial charge in [0.1, 0.15) is 6.79 Å². The number of hydrogen-bond acceptors (Lipinski definition) is 1. The van der Waals surface area contributed by atoms with E-state index in [1.54, 1.807) is 0 Å². The lowest BCUT2D eigenvalue weighted by molar-refractivity contribution is -0.0979. The smallest absolute Gasteiger partial charge is 0.106 e. The summed E-state index contributed by atoms with van der Waals surface area (Å²) in [7, 11) is 0. The molecule has 0 heterocycles. The minimum atomic E-state index is 1.10. The van der Waals surface area contributed by atoms with Gasteiger partial charge in [-0.15, -0.1) is 0 Å². The van der Waals surface area contributed by atoms with E-state index in [9.17, 15) is 0 Å². The van der Waals surface area contributed by atoms with E-state index in [1.165, 1.54) is 0 Å². The second-order valence-electron chi connectivity index (χ2n) is 1.44. The molecule has 0 atom stereocenters. The third-order valence-corrected chi connectivity index (χ3v) is 1.77. The summed E-state index contributed by atoms with van der Waals surface area (Å²) in [5.74, 6) is 0. The van der Waals surface area contributed by atoms with Gasteiger partial charge in [-0.25, -0.2) is 0 Å². The molecular weight excluding hydrogens is 260 g/mol. The molecule has 0 aliphatic rings. The van der Waals surface area contributed by atoms with Gasteiger partial charge in [-0.05, 0) is 18.2 Å². The number of hydrogen-bond donors (Lipinski definition) is 0. The quantitative estimate of drug-likeness (QED) is 0.705. The first-order chi connectivity index (χ1) is 4.79. The molecule has 1 rings (SSSR count). The van der Waals surface area contributed by atoms with Crippen molar-refractivity contribution in [2.24, 2.45) is 0 Å². The lowest BCUT2D eigenvalue weighted by atomic mass is 10.4. The van der Waals surface area contributed by atoms with Crippen LogP contribution in [0.15, 0.2) is 33.2 Å². The first kappa shape index (κ1) is 9.85. The van der Waals surface area contributed by atoms with E-state index in [1.807, 2.05) is 31.1 Å². The molecular formula is C7H6Br2O. The van der Waals surface area contributed by atoms with Crippen molar-refractivity contribution in [1.29, 1.82) is 0 Å². The fraction of sp³-hybridized carbons (Fsp3) is 0. The van der Waals surface area contributed by atoms with Crippen molar-refractivity contribution >= 4 is 38.6 Å². The fourth-order valence-corrected chi connectivity index (χ4v) is 1.57. The Morgan fingerprint density at radius 1 is 1.10 bits per heavy atom. The van der Waals surface area contributed by atoms with Gasteiger partial charge >= 0.3 is 0 Å². The summed E-state index contributed by atoms with van der Waals surface area (Å²) in [6.07, 6.45) is 0. The highest BCUT2D eigenvalue weighted by atomic mass is 79.9. The van der Waals surface area contributed by atoms with E-state index >= 15 is 0 Å². The zero-order valence-corrected chi connectivity index (χ0v) is 8.35. The third kappa shape index (κ3) is 3.80. The minimum Gasteiger partial charge on any atom is -0.307 e. The molecule has 1 aromatic carbocycles. The molecule has 0 radical (unpaired) electrons. The van der Waals surface area contributed by atoms with Crippen LogP contribution in [0.5, 0.6) is 0 Å². The molecule has 0 unspecified atom stereocenters. The van der Waals surface area contributed by atoms with Gasteiger partial charge in [0.15, 0.2) is 0 Å². The summed E-state index contributed by atoms with van der Waals surface area (Å²) in [5.41, 5.74) is 0. The Morgan fingerprint density at radius 2 is 1.50 bits per heavy atom. The molecule has 0 fully saturated rings. The molecule has 0 aliphatic carbocycles. The summed E-state index contributed by atoms with van der Waals surface area (Å²) >= 11 is 6.66. The average molecular weight is 266 g/mol. The number of carbonyl (C=O) groups excluding carboxylic acids is 1. The van der Waals surface area contributed by atoms with Gasteiger partial charge in [-0.3, -0.25) is 0 Å². The van der Waals surface area contributed by atoms with Gasteiger partial charge < -0.3 is 4.79 Å². The second-order valence-corrected chi connectivity index (χ2v) is 3.27. The van der Waals surface area contributed by atoms with Crippen LogP contribution in [0.2, 0.25) is 0 Å². The second kappa shape index (κ2) is 5.62. The SMILES string of the molecule is Brc1cccc(Br)c1.C=O. The fourth-order valence-electron chi connectivity index (χ4n) is 0.460. The largest absolute Gasteiger partial charge is 0.307 e. The Morgan fingerprint density at radius 3 is 1.70 bits per heavy atom. The van der Waals surface area contributed by atoms with Crippen molar-refractivity contribution in [3.8, 4) is 0 Å². The maximum atomic E-state index is 8.00. The Bertz CT molecular complexity index is 183. The molecule has 0 bridgehead atoms. The van der Waals surface area contributed by atoms with E-state index in [-0.39, 0.29) is 0 Å². The number of halogens is 2. The maximum Gasteiger partial charge on any atom is 0.106 e. The molecule has 1 nitrogen and oxygen atoms in total. The van der Waals surface area contributed by atoms with Crippen LogP contribution in [-0.2, 0) is 4.79 Å². The van der Waals surface area contributed by atoms with Crippen molar-refractivity contribution < 1.29 is 4.79 Å². The molecule has 1 aromatic rings. The van der Waals surface area contributed by atoms with Gasteiger partial charge in [0.25, 0.3) is 0 Å². The molecule has 0 aromatic heterocycles. The summed E-state index contributed by atoms with van der Waals surface area (Å²) in [4.78, 5) is 8.00. The lowest BCUT2D eigenvalue weighted by Gasteiger charge is -1.87. The highest BCUT2D eigenvalue weighted by molar-refractivity contribution is 9.11. The van der Waals surface area contributed by atoms with Crippen molar-refractivity contribution in [2.45, 2.75) is 0 Å². The Kier molecular flexibility index (Phi) is 5.54. The van der Waals surface area contributed by atoms with Crippen LogP contribution in [0.3, 0.4) is 0 Å². The Labute approximate surface area is 76.7 Å². The third-order valence-electron chi connectivity index (χ3n) is 0.787. The van der Waals surface area contributed by atoms with Crippen LogP contribution in [0.1, 0.15) is 0 Å². The van der Waals surface area contributed by atoms with E-state index in [0.717, 1.165) is 8.95 Å². The molecule has 0 amide bonds. The van der Waals surface area contributed by atoms with Gasteiger partial charge in [0, 0.05) is 8.95 Å². The van der Waals surface area contributed by atoms with E-state index in [0.29, 0.717) is 0 Å². The zero-order chi connectivity index (χ0) is 7.98. The van der Waals surface area contributed by atoms with Crippen LogP contribution < -0.4 is 0 Å². The van der Waals surface area contributed by atoms with E-state index in [2.05, 4.69) is 31.9 Å². The molecule has 3 heteroatoms. The summed E-state index contributed by atoms with van der Waals surface area (Å²) in [6, 6.07) is 7.96. The molecule has 0 spiro atoms. The molecule has 0 N–H and O–H groups in total. The standard InChI is InChI=1S/C6H4Br2.CH2O/c7-5-2-1-3-6(8)4-5;1-2/h1-4H;1H2. The normalized spacial score (nSPS) is 7.80. The molecule has 10 heavy (non-hydrogen) atoms. The van der Waals surface area contributed by atoms with Crippen molar-refractivity contribution in [1.82, 2.24) is 0 Å². The summed E-state index contributed by atoms with van der Waals surface area (Å²) < 4.78 is 2.21. The van der Waals surface area contributed by atoms with Gasteiger partial charge in [0.2, 0.25) is 0 Å². The van der Waals surface area contributed by atoms with E-state index < -0.39 is 0 Å². The van der Waals surface area contributed by atoms with Crippen molar-refractivity contribution in [3.05, 3.63) is 33.2 Å². The average Bonchev–Trinajstić information content (AvgIpc) is 1.91. The van der Waals surface area contributed by atoms with Crippen LogP contribution in [0, 0.1) is 0 Å². The van der Waals surface area contributed by atoms with Crippen LogP contribution in [0.25, 0.3) is 0 Å². The minimum absolute atomic E-state index is 1.10. The molecule has 0 saturated heterocycles. The van der Waals surface area contributed by atoms with Crippen molar-refractivity contribution in [3.63, 3.8) is 0 Å². The number of benzene rings is 1. The summed E-state index contributed by atoms with van der Waals surface area (Å²) in [6.45, 7) is 2.00. The summed E-state index contributed by atoms with van der Waals surface area (Å²) in [5, 5.41) is 0. The highest BCUT2D eigenvalue weighted by Gasteiger charge is 1.84. The van der Waals surface area contributed by atoms with Gasteiger partial charge in [-0.1, -0.05) is 37.9 Å². The van der Waals surface area contributed by atoms with Gasteiger partial charge in [-0.2, -0.15) is 0 Å². The van der Waals surface area contributed by atoms with Crippen molar-refractivity contribution in [2.75, 3.05) is 0 Å². The number of rotatable bonds is 0. The first-order valence-corrected chi connectivity index (χ1v) is 4.07. The predicted molar refractivity (Wildman–Crippen MR) is 49.0 cm³/mol. The Hall–Kier alpha value is -0.150. The molecule has 0 saturated carbocycles. The van der Waals surface area contributed by atoms with Crippen LogP contribution >= 0.6 is 31.9 Å². The predicted octanol–water partition coefficient (Wildman–Crippen LogP) is 3.03. The van der Waals surface area contributed by atoms with E-state index in [4.69, 9.17) is 4.79 Å². The highest BCUT2D eigenvalue weighted by Crippen LogP contribution is 2.15. The monoisotopic (exact) mass is 264 g/mol. The maximum absolute atomic E-state index is 8.00. The topological polar surface area (TPSA) is 17.1 Å².